The summed E-state index contributed by atoms with van der Waals surface area (Å²) in [5.74, 6) is 0.359. The molecule has 0 saturated carbocycles. The van der Waals surface area contributed by atoms with Crippen LogP contribution in [0.4, 0.5) is 0 Å². The van der Waals surface area contributed by atoms with Crippen molar-refractivity contribution in [2.24, 2.45) is 5.10 Å². The van der Waals surface area contributed by atoms with Gasteiger partial charge in [-0.3, -0.25) is 4.79 Å². The molecule has 0 saturated heterocycles. The van der Waals surface area contributed by atoms with Gasteiger partial charge in [-0.2, -0.15) is 10.2 Å². The third-order valence-corrected chi connectivity index (χ3v) is 4.95. The summed E-state index contributed by atoms with van der Waals surface area (Å²) in [4.78, 5) is 12.9. The summed E-state index contributed by atoms with van der Waals surface area (Å²) in [5.41, 5.74) is 5.91. The smallest absolute Gasteiger partial charge is 0.290 e. The lowest BCUT2D eigenvalue weighted by Crippen LogP contribution is -2.21. The van der Waals surface area contributed by atoms with E-state index in [1.165, 1.54) is 6.21 Å². The molecule has 0 atom stereocenters. The number of nitrogens with one attached hydrogen (secondary N) is 1. The Morgan fingerprint density at radius 3 is 2.45 bits per heavy atom. The van der Waals surface area contributed by atoms with Crippen LogP contribution in [-0.2, 0) is 0 Å². The van der Waals surface area contributed by atoms with Gasteiger partial charge in [0.2, 0.25) is 0 Å². The summed E-state index contributed by atoms with van der Waals surface area (Å²) in [6.45, 7) is 0. The van der Waals surface area contributed by atoms with Crippen LogP contribution in [0.15, 0.2) is 90.0 Å². The second kappa shape index (κ2) is 9.28. The monoisotopic (exact) mass is 430 g/mol. The maximum atomic E-state index is 12.9. The van der Waals surface area contributed by atoms with Crippen LogP contribution in [0.25, 0.3) is 16.9 Å². The van der Waals surface area contributed by atoms with E-state index in [9.17, 15) is 4.79 Å². The number of hydrogen-bond acceptors (Lipinski definition) is 4. The Bertz CT molecular complexity index is 1220. The lowest BCUT2D eigenvalue weighted by Gasteiger charge is -2.06. The minimum Gasteiger partial charge on any atom is -0.497 e. The van der Waals surface area contributed by atoms with E-state index in [1.54, 1.807) is 23.9 Å². The molecule has 3 aromatic carbocycles. The second-order valence-electron chi connectivity index (χ2n) is 6.61. The Morgan fingerprint density at radius 2 is 1.74 bits per heavy atom. The van der Waals surface area contributed by atoms with E-state index in [2.05, 4.69) is 15.6 Å². The van der Waals surface area contributed by atoms with Crippen molar-refractivity contribution < 1.29 is 9.53 Å². The third kappa shape index (κ3) is 4.65. The van der Waals surface area contributed by atoms with Gasteiger partial charge in [-0.05, 0) is 48.5 Å². The highest BCUT2D eigenvalue weighted by molar-refractivity contribution is 6.33. The molecule has 31 heavy (non-hydrogen) atoms. The first-order valence-electron chi connectivity index (χ1n) is 9.53. The Balaban J connectivity index is 1.65. The van der Waals surface area contributed by atoms with E-state index in [4.69, 9.17) is 16.3 Å². The van der Waals surface area contributed by atoms with Crippen molar-refractivity contribution in [3.8, 4) is 22.7 Å². The quantitative estimate of drug-likeness (QED) is 0.347. The number of benzene rings is 3. The average molecular weight is 431 g/mol. The van der Waals surface area contributed by atoms with Crippen molar-refractivity contribution in [2.45, 2.75) is 0 Å². The lowest BCUT2D eigenvalue weighted by molar-refractivity contribution is 0.0947. The first-order chi connectivity index (χ1) is 15.2. The van der Waals surface area contributed by atoms with E-state index in [0.717, 1.165) is 17.0 Å². The molecular formula is C24H19ClN4O2. The van der Waals surface area contributed by atoms with Gasteiger partial charge in [0.05, 0.1) is 24.7 Å². The summed E-state index contributed by atoms with van der Waals surface area (Å²) in [6, 6.07) is 25.9. The number of rotatable bonds is 6. The highest BCUT2D eigenvalue weighted by Gasteiger charge is 2.17. The van der Waals surface area contributed by atoms with Crippen molar-refractivity contribution in [3.05, 3.63) is 101 Å². The predicted octanol–water partition coefficient (Wildman–Crippen LogP) is 4.97. The molecule has 0 spiro atoms. The van der Waals surface area contributed by atoms with Gasteiger partial charge in [-0.25, -0.2) is 10.1 Å². The maximum absolute atomic E-state index is 12.9. The molecule has 0 fully saturated rings. The largest absolute Gasteiger partial charge is 0.497 e. The van der Waals surface area contributed by atoms with Crippen LogP contribution in [0, 0.1) is 0 Å². The zero-order valence-corrected chi connectivity index (χ0v) is 17.5. The molecule has 0 unspecified atom stereocenters. The minimum absolute atomic E-state index is 0.355. The van der Waals surface area contributed by atoms with E-state index in [-0.39, 0.29) is 5.91 Å². The average Bonchev–Trinajstić information content (AvgIpc) is 3.26. The van der Waals surface area contributed by atoms with E-state index >= 15 is 0 Å². The van der Waals surface area contributed by atoms with Gasteiger partial charge in [0, 0.05) is 16.1 Å². The van der Waals surface area contributed by atoms with Crippen LogP contribution in [0.5, 0.6) is 5.75 Å². The van der Waals surface area contributed by atoms with Gasteiger partial charge in [0.1, 0.15) is 11.4 Å². The number of aromatic nitrogens is 2. The summed E-state index contributed by atoms with van der Waals surface area (Å²) in [5, 5.41) is 9.25. The zero-order chi connectivity index (χ0) is 21.6. The van der Waals surface area contributed by atoms with Crippen molar-refractivity contribution >= 4 is 23.7 Å². The zero-order valence-electron chi connectivity index (χ0n) is 16.7. The molecule has 0 radical (unpaired) electrons. The molecule has 1 aromatic heterocycles. The van der Waals surface area contributed by atoms with Gasteiger partial charge in [0.15, 0.2) is 0 Å². The highest BCUT2D eigenvalue weighted by atomic mass is 35.5. The topological polar surface area (TPSA) is 68.5 Å². The number of methoxy groups -OCH3 is 1. The number of amides is 1. The molecule has 154 valence electrons. The highest BCUT2D eigenvalue weighted by Crippen LogP contribution is 2.24. The fourth-order valence-electron chi connectivity index (χ4n) is 3.01. The summed E-state index contributed by atoms with van der Waals surface area (Å²) < 4.78 is 6.81. The number of carbonyl (C=O) groups excluding carboxylic acids is 1. The van der Waals surface area contributed by atoms with Gasteiger partial charge in [0.25, 0.3) is 5.91 Å². The van der Waals surface area contributed by atoms with Crippen LogP contribution in [-0.4, -0.2) is 29.0 Å². The van der Waals surface area contributed by atoms with Crippen LogP contribution < -0.4 is 10.2 Å². The Hall–Kier alpha value is -3.90. The Kier molecular flexibility index (Phi) is 6.10. The molecule has 6 nitrogen and oxygen atoms in total. The number of nitrogens with zero attached hydrogens (tertiary/aromatic N) is 3. The Morgan fingerprint density at radius 1 is 1.03 bits per heavy atom. The summed E-state index contributed by atoms with van der Waals surface area (Å²) in [7, 11) is 1.62. The van der Waals surface area contributed by atoms with E-state index in [1.807, 2.05) is 72.8 Å². The fourth-order valence-corrected chi connectivity index (χ4v) is 3.19. The molecule has 1 N–H and O–H groups in total. The van der Waals surface area contributed by atoms with Gasteiger partial charge < -0.3 is 4.74 Å². The van der Waals surface area contributed by atoms with Crippen molar-refractivity contribution in [2.75, 3.05) is 7.11 Å². The summed E-state index contributed by atoms with van der Waals surface area (Å²) >= 11 is 6.13. The first-order valence-corrected chi connectivity index (χ1v) is 9.91. The second-order valence-corrected chi connectivity index (χ2v) is 7.02. The number of hydrazone groups is 1. The standard InChI is InChI=1S/C24H19ClN4O2/c1-31-20-13-11-17(12-14-20)22-15-23(29(28-22)19-8-3-2-4-9-19)24(30)27-26-16-18-7-5-6-10-21(18)25/h2-16H,1H3,(H,27,30)/b26-16+. The van der Waals surface area contributed by atoms with E-state index in [0.29, 0.717) is 22.0 Å². The molecular weight excluding hydrogens is 412 g/mol. The maximum Gasteiger partial charge on any atom is 0.290 e. The van der Waals surface area contributed by atoms with Crippen molar-refractivity contribution in [3.63, 3.8) is 0 Å². The van der Waals surface area contributed by atoms with Crippen molar-refractivity contribution in [1.29, 1.82) is 0 Å². The molecule has 0 aliphatic rings. The van der Waals surface area contributed by atoms with Crippen LogP contribution in [0.3, 0.4) is 0 Å². The minimum atomic E-state index is -0.389. The molecule has 1 heterocycles. The van der Waals surface area contributed by atoms with Gasteiger partial charge in [-0.15, -0.1) is 0 Å². The molecule has 7 heteroatoms. The van der Waals surface area contributed by atoms with Crippen LogP contribution in [0.2, 0.25) is 5.02 Å². The molecule has 1 amide bonds. The fraction of sp³-hybridized carbons (Fsp3) is 0.0417. The van der Waals surface area contributed by atoms with Crippen LogP contribution >= 0.6 is 11.6 Å². The summed E-state index contributed by atoms with van der Waals surface area (Å²) in [6.07, 6.45) is 1.51. The van der Waals surface area contributed by atoms with Crippen molar-refractivity contribution in [1.82, 2.24) is 15.2 Å². The normalized spacial score (nSPS) is 10.9. The number of halogens is 1. The van der Waals surface area contributed by atoms with Gasteiger partial charge in [-0.1, -0.05) is 48.0 Å². The predicted molar refractivity (Wildman–Crippen MR) is 122 cm³/mol. The number of para-hydroxylation sites is 1. The number of carbonyl (C=O) groups is 1. The molecule has 0 aliphatic carbocycles. The molecule has 4 aromatic rings. The Labute approximate surface area is 184 Å². The molecule has 0 aliphatic heterocycles. The third-order valence-electron chi connectivity index (χ3n) is 4.60. The SMILES string of the molecule is COc1ccc(-c2cc(C(=O)N/N=C/c3ccccc3Cl)n(-c3ccccc3)n2)cc1. The number of ether oxygens (including phenoxy) is 1. The lowest BCUT2D eigenvalue weighted by atomic mass is 10.1. The molecule has 4 rings (SSSR count). The van der Waals surface area contributed by atoms with Gasteiger partial charge >= 0.3 is 0 Å². The van der Waals surface area contributed by atoms with E-state index < -0.39 is 0 Å². The van der Waals surface area contributed by atoms with Crippen LogP contribution in [0.1, 0.15) is 16.1 Å². The first kappa shape index (κ1) is 20.4. The number of hydrogen-bond donors (Lipinski definition) is 1. The molecule has 0 bridgehead atoms.